The summed E-state index contributed by atoms with van der Waals surface area (Å²) in [6, 6.07) is 29.6. The summed E-state index contributed by atoms with van der Waals surface area (Å²) >= 11 is 0. The lowest BCUT2D eigenvalue weighted by Gasteiger charge is -2.27. The van der Waals surface area contributed by atoms with E-state index in [2.05, 4.69) is 0 Å². The molecule has 0 heterocycles. The van der Waals surface area contributed by atoms with Gasteiger partial charge in [0, 0.05) is 12.7 Å². The molecule has 0 radical (unpaired) electrons. The second kappa shape index (κ2) is 7.66. The molecule has 0 aliphatic rings. The third-order valence-electron chi connectivity index (χ3n) is 3.23. The first-order chi connectivity index (χ1) is 11.3. The zero-order valence-corrected chi connectivity index (χ0v) is 13.8. The molecule has 23 heavy (non-hydrogen) atoms. The van der Waals surface area contributed by atoms with Gasteiger partial charge in [0.1, 0.15) is 11.5 Å². The zero-order valence-electron chi connectivity index (χ0n) is 12.9. The summed E-state index contributed by atoms with van der Waals surface area (Å²) in [5.41, 5.74) is 1.05. The Morgan fingerprint density at radius 2 is 1.00 bits per heavy atom. The first kappa shape index (κ1) is 15.4. The minimum Gasteiger partial charge on any atom is -0.423 e. The van der Waals surface area contributed by atoms with Gasteiger partial charge in [-0.05, 0) is 36.4 Å². The van der Waals surface area contributed by atoms with Gasteiger partial charge in [0.15, 0.2) is 0 Å². The highest BCUT2D eigenvalue weighted by molar-refractivity contribution is 7.50. The first-order valence-electron chi connectivity index (χ1n) is 7.38. The van der Waals surface area contributed by atoms with Crippen molar-refractivity contribution in [2.45, 2.75) is 0 Å². The Labute approximate surface area is 138 Å². The van der Waals surface area contributed by atoms with E-state index < -0.39 is 8.53 Å². The van der Waals surface area contributed by atoms with Crippen LogP contribution in [0.2, 0.25) is 0 Å². The van der Waals surface area contributed by atoms with Crippen LogP contribution in [0.5, 0.6) is 11.5 Å². The number of rotatable bonds is 6. The number of hydrogen-bond acceptors (Lipinski definition) is 3. The molecule has 0 fully saturated rings. The van der Waals surface area contributed by atoms with Gasteiger partial charge in [0.2, 0.25) is 0 Å². The second-order valence-electron chi connectivity index (χ2n) is 4.91. The Morgan fingerprint density at radius 1 is 0.609 bits per heavy atom. The van der Waals surface area contributed by atoms with Gasteiger partial charge in [-0.25, -0.2) is 0 Å². The number of nitrogens with zero attached hydrogens (tertiary/aromatic N) is 1. The normalized spacial score (nSPS) is 10.3. The van der Waals surface area contributed by atoms with Crippen molar-refractivity contribution in [3.8, 4) is 11.5 Å². The van der Waals surface area contributed by atoms with E-state index in [9.17, 15) is 0 Å². The topological polar surface area (TPSA) is 21.7 Å². The molecule has 0 atom stereocenters. The van der Waals surface area contributed by atoms with E-state index >= 15 is 0 Å². The molecule has 0 saturated carbocycles. The molecule has 0 spiro atoms. The van der Waals surface area contributed by atoms with Crippen molar-refractivity contribution < 1.29 is 9.05 Å². The van der Waals surface area contributed by atoms with Gasteiger partial charge in [-0.3, -0.25) is 4.67 Å². The maximum atomic E-state index is 6.10. The standard InChI is InChI=1S/C19H18NO2P/c1-20(17-11-5-2-6-12-17)23(21-18-13-7-3-8-14-18)22-19-15-9-4-10-16-19/h2-16H,1H3. The van der Waals surface area contributed by atoms with E-state index in [4.69, 9.17) is 9.05 Å². The smallest absolute Gasteiger partial charge is 0.416 e. The Bertz CT molecular complexity index is 666. The predicted octanol–water partition coefficient (Wildman–Crippen LogP) is 5.51. The summed E-state index contributed by atoms with van der Waals surface area (Å²) in [5.74, 6) is 1.58. The van der Waals surface area contributed by atoms with Gasteiger partial charge >= 0.3 is 8.53 Å². The predicted molar refractivity (Wildman–Crippen MR) is 95.9 cm³/mol. The molecule has 0 aromatic heterocycles. The van der Waals surface area contributed by atoms with E-state index in [0.717, 1.165) is 17.2 Å². The average molecular weight is 323 g/mol. The molecule has 3 aromatic rings. The van der Waals surface area contributed by atoms with Gasteiger partial charge in [0.25, 0.3) is 0 Å². The van der Waals surface area contributed by atoms with Crippen LogP contribution in [0.1, 0.15) is 0 Å². The minimum atomic E-state index is -1.32. The summed E-state index contributed by atoms with van der Waals surface area (Å²) in [6.07, 6.45) is 0. The van der Waals surface area contributed by atoms with Crippen molar-refractivity contribution in [3.05, 3.63) is 91.0 Å². The van der Waals surface area contributed by atoms with Crippen molar-refractivity contribution in [1.82, 2.24) is 0 Å². The molecule has 3 rings (SSSR count). The molecule has 0 aliphatic heterocycles. The lowest BCUT2D eigenvalue weighted by Crippen LogP contribution is -2.17. The minimum absolute atomic E-state index is 0.789. The molecule has 0 aliphatic carbocycles. The molecule has 0 amide bonds. The van der Waals surface area contributed by atoms with Crippen molar-refractivity contribution in [1.29, 1.82) is 0 Å². The largest absolute Gasteiger partial charge is 0.423 e. The Morgan fingerprint density at radius 3 is 1.43 bits per heavy atom. The fourth-order valence-corrected chi connectivity index (χ4v) is 3.23. The molecule has 4 heteroatoms. The van der Waals surface area contributed by atoms with Crippen molar-refractivity contribution in [2.24, 2.45) is 0 Å². The average Bonchev–Trinajstić information content (AvgIpc) is 2.63. The quantitative estimate of drug-likeness (QED) is 0.558. The SMILES string of the molecule is CN(c1ccccc1)P(Oc1ccccc1)Oc1ccccc1. The summed E-state index contributed by atoms with van der Waals surface area (Å²) in [5, 5.41) is 0. The second-order valence-corrected chi connectivity index (χ2v) is 6.35. The third kappa shape index (κ3) is 4.24. The Hall–Kier alpha value is -2.51. The van der Waals surface area contributed by atoms with Crippen LogP contribution in [-0.2, 0) is 0 Å². The molecular weight excluding hydrogens is 305 g/mol. The van der Waals surface area contributed by atoms with E-state index in [0.29, 0.717) is 0 Å². The van der Waals surface area contributed by atoms with Crippen molar-refractivity contribution in [3.63, 3.8) is 0 Å². The van der Waals surface area contributed by atoms with Gasteiger partial charge in [-0.15, -0.1) is 0 Å². The highest BCUT2D eigenvalue weighted by Crippen LogP contribution is 2.45. The monoisotopic (exact) mass is 323 g/mol. The number of hydrogen-bond donors (Lipinski definition) is 0. The van der Waals surface area contributed by atoms with Crippen LogP contribution in [0.15, 0.2) is 91.0 Å². The van der Waals surface area contributed by atoms with E-state index in [1.165, 1.54) is 0 Å². The lowest BCUT2D eigenvalue weighted by molar-refractivity contribution is 0.487. The number of benzene rings is 3. The van der Waals surface area contributed by atoms with Crippen LogP contribution in [-0.4, -0.2) is 7.05 Å². The van der Waals surface area contributed by atoms with E-state index in [-0.39, 0.29) is 0 Å². The molecule has 0 N–H and O–H groups in total. The molecule has 0 saturated heterocycles. The van der Waals surface area contributed by atoms with E-state index in [1.54, 1.807) is 0 Å². The summed E-state index contributed by atoms with van der Waals surface area (Å²) in [4.78, 5) is 0. The van der Waals surface area contributed by atoms with Gasteiger partial charge in [-0.2, -0.15) is 0 Å². The van der Waals surface area contributed by atoms with Crippen molar-refractivity contribution >= 4 is 14.2 Å². The van der Waals surface area contributed by atoms with Crippen LogP contribution in [0.3, 0.4) is 0 Å². The first-order valence-corrected chi connectivity index (χ1v) is 8.51. The number of anilines is 1. The summed E-state index contributed by atoms with van der Waals surface area (Å²) in [6.45, 7) is 0. The van der Waals surface area contributed by atoms with Crippen LogP contribution in [0, 0.1) is 0 Å². The van der Waals surface area contributed by atoms with Gasteiger partial charge in [0.05, 0.1) is 0 Å². The van der Waals surface area contributed by atoms with Gasteiger partial charge in [-0.1, -0.05) is 54.6 Å². The lowest BCUT2D eigenvalue weighted by atomic mass is 10.3. The highest BCUT2D eigenvalue weighted by atomic mass is 31.2. The van der Waals surface area contributed by atoms with E-state index in [1.807, 2.05) is 103 Å². The fraction of sp³-hybridized carbons (Fsp3) is 0.0526. The van der Waals surface area contributed by atoms with Crippen molar-refractivity contribution in [2.75, 3.05) is 11.7 Å². The molecule has 0 bridgehead atoms. The third-order valence-corrected chi connectivity index (χ3v) is 4.68. The Kier molecular flexibility index (Phi) is 5.13. The van der Waals surface area contributed by atoms with Crippen LogP contribution >= 0.6 is 8.53 Å². The highest BCUT2D eigenvalue weighted by Gasteiger charge is 2.22. The molecule has 116 valence electrons. The van der Waals surface area contributed by atoms with Crippen LogP contribution < -0.4 is 13.7 Å². The molecular formula is C19H18NO2P. The maximum absolute atomic E-state index is 6.10. The summed E-state index contributed by atoms with van der Waals surface area (Å²) < 4.78 is 14.2. The maximum Gasteiger partial charge on any atom is 0.416 e. The summed E-state index contributed by atoms with van der Waals surface area (Å²) in [7, 11) is 0.662. The molecule has 3 nitrogen and oxygen atoms in total. The molecule has 0 unspecified atom stereocenters. The van der Waals surface area contributed by atoms with Crippen LogP contribution in [0.25, 0.3) is 0 Å². The molecule has 3 aromatic carbocycles. The zero-order chi connectivity index (χ0) is 15.9. The van der Waals surface area contributed by atoms with Crippen LogP contribution in [0.4, 0.5) is 5.69 Å². The number of para-hydroxylation sites is 3. The fourth-order valence-electron chi connectivity index (χ4n) is 2.02. The Balaban J connectivity index is 1.83. The van der Waals surface area contributed by atoms with Gasteiger partial charge < -0.3 is 9.05 Å².